The maximum Gasteiger partial charge on any atom is 0.411 e. The number of ether oxygens (including phenoxy) is 3. The topological polar surface area (TPSA) is 91.1 Å². The predicted molar refractivity (Wildman–Crippen MR) is 126 cm³/mol. The fourth-order valence-electron chi connectivity index (χ4n) is 4.36. The lowest BCUT2D eigenvalue weighted by Crippen LogP contribution is -2.56. The number of rotatable bonds is 7. The smallest absolute Gasteiger partial charge is 0.411 e. The molecule has 0 unspecified atom stereocenters. The summed E-state index contributed by atoms with van der Waals surface area (Å²) in [6, 6.07) is 17.2. The van der Waals surface area contributed by atoms with Gasteiger partial charge in [0.25, 0.3) is 0 Å². The second kappa shape index (κ2) is 10.3. The van der Waals surface area contributed by atoms with Crippen molar-refractivity contribution in [2.45, 2.75) is 63.8 Å². The van der Waals surface area contributed by atoms with Gasteiger partial charge in [-0.1, -0.05) is 42.5 Å². The molecule has 2 aromatic carbocycles. The Labute approximate surface area is 195 Å². The van der Waals surface area contributed by atoms with Gasteiger partial charge in [0.15, 0.2) is 0 Å². The van der Waals surface area contributed by atoms with Gasteiger partial charge in [-0.05, 0) is 69.8 Å². The third-order valence-corrected chi connectivity index (χ3v) is 5.83. The van der Waals surface area contributed by atoms with Crippen LogP contribution in [0, 0.1) is 0 Å². The molecule has 0 aliphatic carbocycles. The number of methoxy groups -OCH3 is 1. The first-order valence-corrected chi connectivity index (χ1v) is 11.3. The van der Waals surface area contributed by atoms with Crippen LogP contribution in [-0.4, -0.2) is 41.8 Å². The van der Waals surface area contributed by atoms with Crippen LogP contribution < -0.4 is 10.5 Å². The summed E-state index contributed by atoms with van der Waals surface area (Å²) in [6.45, 7) is 6.12. The Morgan fingerprint density at radius 2 is 1.76 bits per heavy atom. The fourth-order valence-corrected chi connectivity index (χ4v) is 4.36. The van der Waals surface area contributed by atoms with Gasteiger partial charge in [0.2, 0.25) is 0 Å². The minimum atomic E-state index is -1.15. The molecule has 0 radical (unpaired) electrons. The van der Waals surface area contributed by atoms with E-state index in [2.05, 4.69) is 0 Å². The molecule has 0 saturated carbocycles. The lowest BCUT2D eigenvalue weighted by molar-refractivity contribution is -0.154. The number of hydrogen-bond donors (Lipinski definition) is 1. The van der Waals surface area contributed by atoms with E-state index in [1.54, 1.807) is 20.8 Å². The van der Waals surface area contributed by atoms with E-state index < -0.39 is 23.2 Å². The van der Waals surface area contributed by atoms with E-state index in [9.17, 15) is 9.59 Å². The van der Waals surface area contributed by atoms with Crippen molar-refractivity contribution in [1.29, 1.82) is 0 Å². The minimum Gasteiger partial charge on any atom is -0.489 e. The van der Waals surface area contributed by atoms with E-state index in [4.69, 9.17) is 19.9 Å². The van der Waals surface area contributed by atoms with Crippen LogP contribution in [0.1, 0.15) is 57.2 Å². The van der Waals surface area contributed by atoms with E-state index in [-0.39, 0.29) is 12.6 Å². The molecule has 1 aliphatic heterocycles. The molecule has 33 heavy (non-hydrogen) atoms. The Morgan fingerprint density at radius 3 is 2.33 bits per heavy atom. The molecule has 1 aliphatic rings. The molecule has 7 heteroatoms. The van der Waals surface area contributed by atoms with E-state index in [1.165, 1.54) is 12.0 Å². The summed E-state index contributed by atoms with van der Waals surface area (Å²) in [5.74, 6) is 0.259. The van der Waals surface area contributed by atoms with Crippen LogP contribution in [0.4, 0.5) is 4.79 Å². The van der Waals surface area contributed by atoms with Crippen molar-refractivity contribution in [1.82, 2.24) is 4.90 Å². The number of esters is 1. The zero-order valence-electron chi connectivity index (χ0n) is 19.9. The maximum absolute atomic E-state index is 13.3. The van der Waals surface area contributed by atoms with Crippen molar-refractivity contribution in [2.24, 2.45) is 5.73 Å². The van der Waals surface area contributed by atoms with Gasteiger partial charge >= 0.3 is 12.1 Å². The molecule has 3 rings (SSSR count). The molecule has 178 valence electrons. The lowest BCUT2D eigenvalue weighted by Gasteiger charge is -2.39. The first-order chi connectivity index (χ1) is 15.7. The Hall–Kier alpha value is -3.06. The Balaban J connectivity index is 1.86. The molecule has 2 N–H and O–H groups in total. The molecule has 1 heterocycles. The van der Waals surface area contributed by atoms with Crippen LogP contribution in [0.3, 0.4) is 0 Å². The number of nitrogens with zero attached hydrogens (tertiary/aromatic N) is 1. The van der Waals surface area contributed by atoms with Crippen LogP contribution in [0.2, 0.25) is 0 Å². The number of carbonyl (C=O) groups excluding carboxylic acids is 2. The van der Waals surface area contributed by atoms with Crippen molar-refractivity contribution < 1.29 is 23.8 Å². The fraction of sp³-hybridized carbons (Fsp3) is 0.462. The second-order valence-corrected chi connectivity index (χ2v) is 9.31. The van der Waals surface area contributed by atoms with Crippen LogP contribution in [0.25, 0.3) is 0 Å². The van der Waals surface area contributed by atoms with Gasteiger partial charge in [-0.3, -0.25) is 4.90 Å². The normalized spacial score (nSPS) is 20.4. The van der Waals surface area contributed by atoms with Gasteiger partial charge in [-0.2, -0.15) is 0 Å². The third kappa shape index (κ3) is 5.66. The summed E-state index contributed by atoms with van der Waals surface area (Å²) in [5.41, 5.74) is 5.98. The molecule has 1 saturated heterocycles. The first kappa shape index (κ1) is 24.6. The first-order valence-electron chi connectivity index (χ1n) is 11.3. The second-order valence-electron chi connectivity index (χ2n) is 9.31. The highest BCUT2D eigenvalue weighted by Crippen LogP contribution is 2.46. The number of benzene rings is 2. The average molecular weight is 455 g/mol. The summed E-state index contributed by atoms with van der Waals surface area (Å²) in [4.78, 5) is 27.8. The van der Waals surface area contributed by atoms with Gasteiger partial charge in [-0.25, -0.2) is 9.59 Å². The van der Waals surface area contributed by atoms with Gasteiger partial charge in [0, 0.05) is 0 Å². The monoisotopic (exact) mass is 454 g/mol. The van der Waals surface area contributed by atoms with Gasteiger partial charge in [0.1, 0.15) is 23.5 Å². The van der Waals surface area contributed by atoms with E-state index >= 15 is 0 Å². The number of amides is 1. The standard InChI is InChI=1S/C26H34N2O5/c1-25(2,3)33-24(30)28-22(14-15-26(28,16-17-27)23(29)31-4)20-10-12-21(13-11-20)32-18-19-8-6-5-7-9-19/h5-13,22H,14-18,27H2,1-4H3/t22-,26-/m1/s1. The highest BCUT2D eigenvalue weighted by molar-refractivity contribution is 5.87. The quantitative estimate of drug-likeness (QED) is 0.615. The number of nitrogens with two attached hydrogens (primary N) is 1. The van der Waals surface area contributed by atoms with Crippen molar-refractivity contribution in [3.05, 3.63) is 65.7 Å². The largest absolute Gasteiger partial charge is 0.489 e. The Kier molecular flexibility index (Phi) is 7.64. The molecule has 1 amide bonds. The van der Waals surface area contributed by atoms with E-state index in [1.807, 2.05) is 54.6 Å². The molecular weight excluding hydrogens is 420 g/mol. The molecule has 2 atom stereocenters. The van der Waals surface area contributed by atoms with Gasteiger partial charge in [-0.15, -0.1) is 0 Å². The lowest BCUT2D eigenvalue weighted by atomic mass is 9.92. The summed E-state index contributed by atoms with van der Waals surface area (Å²) >= 11 is 0. The Morgan fingerprint density at radius 1 is 1.09 bits per heavy atom. The van der Waals surface area contributed by atoms with Crippen molar-refractivity contribution in [3.63, 3.8) is 0 Å². The van der Waals surface area contributed by atoms with E-state index in [0.717, 1.165) is 16.9 Å². The van der Waals surface area contributed by atoms with Gasteiger partial charge in [0.05, 0.1) is 13.2 Å². The van der Waals surface area contributed by atoms with Gasteiger partial charge < -0.3 is 19.9 Å². The zero-order chi connectivity index (χ0) is 24.1. The highest BCUT2D eigenvalue weighted by Gasteiger charge is 2.55. The number of likely N-dealkylation sites (tertiary alicyclic amines) is 1. The van der Waals surface area contributed by atoms with Crippen LogP contribution >= 0.6 is 0 Å². The molecule has 7 nitrogen and oxygen atoms in total. The zero-order valence-corrected chi connectivity index (χ0v) is 19.9. The molecular formula is C26H34N2O5. The number of hydrogen-bond acceptors (Lipinski definition) is 6. The van der Waals surface area contributed by atoms with Crippen molar-refractivity contribution >= 4 is 12.1 Å². The van der Waals surface area contributed by atoms with Crippen LogP contribution in [-0.2, 0) is 20.9 Å². The molecule has 1 fully saturated rings. The summed E-state index contributed by atoms with van der Waals surface area (Å²) in [6.07, 6.45) is 0.799. The molecule has 0 bridgehead atoms. The van der Waals surface area contributed by atoms with E-state index in [0.29, 0.717) is 25.9 Å². The minimum absolute atomic E-state index is 0.243. The summed E-state index contributed by atoms with van der Waals surface area (Å²) < 4.78 is 16.7. The molecule has 2 aromatic rings. The molecule has 0 spiro atoms. The average Bonchev–Trinajstić information content (AvgIpc) is 3.18. The highest BCUT2D eigenvalue weighted by atomic mass is 16.6. The predicted octanol–water partition coefficient (Wildman–Crippen LogP) is 4.60. The summed E-state index contributed by atoms with van der Waals surface area (Å²) in [5, 5.41) is 0. The number of carbonyl (C=O) groups is 2. The summed E-state index contributed by atoms with van der Waals surface area (Å²) in [7, 11) is 1.33. The Bertz CT molecular complexity index is 939. The third-order valence-electron chi connectivity index (χ3n) is 5.83. The maximum atomic E-state index is 13.3. The molecule has 0 aromatic heterocycles. The SMILES string of the molecule is COC(=O)[C@]1(CCN)CC[C@H](c2ccc(OCc3ccccc3)cc2)N1C(=O)OC(C)(C)C. The van der Waals surface area contributed by atoms with Crippen molar-refractivity contribution in [2.75, 3.05) is 13.7 Å². The van der Waals surface area contributed by atoms with Crippen LogP contribution in [0.15, 0.2) is 54.6 Å². The van der Waals surface area contributed by atoms with Crippen molar-refractivity contribution in [3.8, 4) is 5.75 Å². The van der Waals surface area contributed by atoms with Crippen LogP contribution in [0.5, 0.6) is 5.75 Å².